The maximum absolute atomic E-state index is 6.07. The van der Waals surface area contributed by atoms with E-state index < -0.39 is 0 Å². The van der Waals surface area contributed by atoms with E-state index in [0.717, 1.165) is 16.8 Å². The van der Waals surface area contributed by atoms with E-state index in [1.54, 1.807) is 18.3 Å². The Labute approximate surface area is 119 Å². The Morgan fingerprint density at radius 1 is 1.33 bits per heavy atom. The van der Waals surface area contributed by atoms with Crippen LogP contribution in [0, 0.1) is 0 Å². The smallest absolute Gasteiger partial charge is 0.147 e. The predicted octanol–water partition coefficient (Wildman–Crippen LogP) is 4.72. The van der Waals surface area contributed by atoms with Gasteiger partial charge in [0.15, 0.2) is 0 Å². The summed E-state index contributed by atoms with van der Waals surface area (Å²) in [6.07, 6.45) is 1.69. The number of anilines is 1. The molecule has 0 fully saturated rings. The molecule has 0 aliphatic carbocycles. The van der Waals surface area contributed by atoms with Crippen LogP contribution >= 0.6 is 27.5 Å². The van der Waals surface area contributed by atoms with Crippen LogP contribution in [-0.2, 0) is 0 Å². The highest BCUT2D eigenvalue weighted by atomic mass is 79.9. The number of halogens is 2. The molecule has 0 spiro atoms. The van der Waals surface area contributed by atoms with Gasteiger partial charge in [0.05, 0.1) is 5.02 Å². The zero-order chi connectivity index (χ0) is 13.0. The summed E-state index contributed by atoms with van der Waals surface area (Å²) < 4.78 is 6.65. The van der Waals surface area contributed by atoms with Gasteiger partial charge in [0.25, 0.3) is 0 Å². The monoisotopic (exact) mass is 326 g/mol. The summed E-state index contributed by atoms with van der Waals surface area (Å²) in [7, 11) is 0. The molecular weight excluding hydrogens is 316 g/mol. The third-order valence-electron chi connectivity index (χ3n) is 2.21. The molecule has 0 atom stereocenters. The SMILES string of the molecule is CCNc1cc(Oc2cc(Br)ccc2Cl)ccn1. The van der Waals surface area contributed by atoms with Crippen molar-refractivity contribution in [2.75, 3.05) is 11.9 Å². The molecule has 5 heteroatoms. The van der Waals surface area contributed by atoms with Crippen LogP contribution in [0.25, 0.3) is 0 Å². The zero-order valence-corrected chi connectivity index (χ0v) is 12.1. The van der Waals surface area contributed by atoms with Crippen LogP contribution in [0.15, 0.2) is 41.0 Å². The average molecular weight is 328 g/mol. The number of aromatic nitrogens is 1. The molecule has 18 heavy (non-hydrogen) atoms. The van der Waals surface area contributed by atoms with Gasteiger partial charge in [-0.3, -0.25) is 0 Å². The second-order valence-corrected chi connectivity index (χ2v) is 4.91. The van der Waals surface area contributed by atoms with Crippen LogP contribution in [0.4, 0.5) is 5.82 Å². The molecule has 94 valence electrons. The highest BCUT2D eigenvalue weighted by Gasteiger charge is 2.05. The van der Waals surface area contributed by atoms with Gasteiger partial charge >= 0.3 is 0 Å². The molecule has 3 nitrogen and oxygen atoms in total. The number of benzene rings is 1. The lowest BCUT2D eigenvalue weighted by molar-refractivity contribution is 0.482. The lowest BCUT2D eigenvalue weighted by atomic mass is 10.3. The van der Waals surface area contributed by atoms with Crippen LogP contribution in [0.1, 0.15) is 6.92 Å². The van der Waals surface area contributed by atoms with E-state index in [2.05, 4.69) is 26.2 Å². The maximum Gasteiger partial charge on any atom is 0.147 e. The second kappa shape index (κ2) is 6.07. The lowest BCUT2D eigenvalue weighted by Gasteiger charge is -2.09. The molecule has 1 heterocycles. The first-order chi connectivity index (χ1) is 8.69. The van der Waals surface area contributed by atoms with Gasteiger partial charge in [-0.05, 0) is 31.2 Å². The van der Waals surface area contributed by atoms with Crippen LogP contribution in [0.2, 0.25) is 5.02 Å². The van der Waals surface area contributed by atoms with Crippen molar-refractivity contribution in [2.45, 2.75) is 6.92 Å². The molecule has 0 amide bonds. The Hall–Kier alpha value is -1.26. The van der Waals surface area contributed by atoms with Crippen LogP contribution in [0.5, 0.6) is 11.5 Å². The number of pyridine rings is 1. The highest BCUT2D eigenvalue weighted by molar-refractivity contribution is 9.10. The zero-order valence-electron chi connectivity index (χ0n) is 9.78. The van der Waals surface area contributed by atoms with Crippen molar-refractivity contribution in [2.24, 2.45) is 0 Å². The molecule has 2 rings (SSSR count). The minimum atomic E-state index is 0.569. The Bertz CT molecular complexity index is 548. The Morgan fingerprint density at radius 2 is 2.17 bits per heavy atom. The van der Waals surface area contributed by atoms with Crippen molar-refractivity contribution >= 4 is 33.3 Å². The standard InChI is InChI=1S/C13H12BrClN2O/c1-2-16-13-8-10(5-6-17-13)18-12-7-9(14)3-4-11(12)15/h3-8H,2H2,1H3,(H,16,17). The summed E-state index contributed by atoms with van der Waals surface area (Å²) in [5, 5.41) is 3.70. The molecule has 1 N–H and O–H groups in total. The third kappa shape index (κ3) is 3.37. The summed E-state index contributed by atoms with van der Waals surface area (Å²) in [5.74, 6) is 2.08. The lowest BCUT2D eigenvalue weighted by Crippen LogP contribution is -1.98. The van der Waals surface area contributed by atoms with Gasteiger partial charge in [-0.15, -0.1) is 0 Å². The molecule has 1 aromatic carbocycles. The van der Waals surface area contributed by atoms with E-state index in [1.165, 1.54) is 0 Å². The van der Waals surface area contributed by atoms with Gasteiger partial charge in [-0.25, -0.2) is 4.98 Å². The van der Waals surface area contributed by atoms with Gasteiger partial charge in [0.2, 0.25) is 0 Å². The first-order valence-corrected chi connectivity index (χ1v) is 6.69. The number of hydrogen-bond acceptors (Lipinski definition) is 3. The number of hydrogen-bond donors (Lipinski definition) is 1. The molecular formula is C13H12BrClN2O. The third-order valence-corrected chi connectivity index (χ3v) is 3.02. The average Bonchev–Trinajstić information content (AvgIpc) is 2.35. The quantitative estimate of drug-likeness (QED) is 0.882. The predicted molar refractivity (Wildman–Crippen MR) is 77.6 cm³/mol. The van der Waals surface area contributed by atoms with E-state index in [0.29, 0.717) is 16.5 Å². The molecule has 0 saturated carbocycles. The van der Waals surface area contributed by atoms with Gasteiger partial charge in [0.1, 0.15) is 17.3 Å². The number of nitrogens with zero attached hydrogens (tertiary/aromatic N) is 1. The molecule has 0 saturated heterocycles. The second-order valence-electron chi connectivity index (χ2n) is 3.58. The highest BCUT2D eigenvalue weighted by Crippen LogP contribution is 2.32. The van der Waals surface area contributed by atoms with Crippen LogP contribution < -0.4 is 10.1 Å². The molecule has 0 unspecified atom stereocenters. The van der Waals surface area contributed by atoms with E-state index in [1.807, 2.05) is 25.1 Å². The molecule has 0 radical (unpaired) electrons. The van der Waals surface area contributed by atoms with Crippen molar-refractivity contribution in [1.29, 1.82) is 0 Å². The first kappa shape index (κ1) is 13.2. The Kier molecular flexibility index (Phi) is 4.44. The summed E-state index contributed by atoms with van der Waals surface area (Å²) in [4.78, 5) is 4.18. The van der Waals surface area contributed by atoms with Gasteiger partial charge in [-0.1, -0.05) is 27.5 Å². The van der Waals surface area contributed by atoms with Crippen molar-refractivity contribution in [3.05, 3.63) is 46.0 Å². The van der Waals surface area contributed by atoms with Crippen molar-refractivity contribution < 1.29 is 4.74 Å². The Balaban J connectivity index is 2.22. The van der Waals surface area contributed by atoms with Crippen molar-refractivity contribution in [3.8, 4) is 11.5 Å². The van der Waals surface area contributed by atoms with Crippen LogP contribution in [0.3, 0.4) is 0 Å². The fourth-order valence-electron chi connectivity index (χ4n) is 1.43. The molecule has 0 bridgehead atoms. The van der Waals surface area contributed by atoms with E-state index in [-0.39, 0.29) is 0 Å². The van der Waals surface area contributed by atoms with E-state index >= 15 is 0 Å². The minimum Gasteiger partial charge on any atom is -0.456 e. The van der Waals surface area contributed by atoms with E-state index in [4.69, 9.17) is 16.3 Å². The van der Waals surface area contributed by atoms with Crippen molar-refractivity contribution in [3.63, 3.8) is 0 Å². The summed E-state index contributed by atoms with van der Waals surface area (Å²) in [6, 6.07) is 9.10. The largest absolute Gasteiger partial charge is 0.456 e. The number of rotatable bonds is 4. The van der Waals surface area contributed by atoms with Crippen molar-refractivity contribution in [1.82, 2.24) is 4.98 Å². The Morgan fingerprint density at radius 3 is 2.94 bits per heavy atom. The molecule has 1 aromatic heterocycles. The molecule has 2 aromatic rings. The summed E-state index contributed by atoms with van der Waals surface area (Å²) >= 11 is 9.46. The summed E-state index contributed by atoms with van der Waals surface area (Å²) in [5.41, 5.74) is 0. The fourth-order valence-corrected chi connectivity index (χ4v) is 1.93. The fraction of sp³-hybridized carbons (Fsp3) is 0.154. The van der Waals surface area contributed by atoms with Gasteiger partial charge in [-0.2, -0.15) is 0 Å². The topological polar surface area (TPSA) is 34.1 Å². The number of nitrogens with one attached hydrogen (secondary N) is 1. The van der Waals surface area contributed by atoms with E-state index in [9.17, 15) is 0 Å². The maximum atomic E-state index is 6.07. The van der Waals surface area contributed by atoms with Gasteiger partial charge < -0.3 is 10.1 Å². The minimum absolute atomic E-state index is 0.569. The van der Waals surface area contributed by atoms with Gasteiger partial charge in [0, 0.05) is 23.3 Å². The van der Waals surface area contributed by atoms with Crippen LogP contribution in [-0.4, -0.2) is 11.5 Å². The number of ether oxygens (including phenoxy) is 1. The molecule has 0 aliphatic heterocycles. The first-order valence-electron chi connectivity index (χ1n) is 5.52. The normalized spacial score (nSPS) is 10.2. The molecule has 0 aliphatic rings. The summed E-state index contributed by atoms with van der Waals surface area (Å²) in [6.45, 7) is 2.83.